The molecule has 0 rings (SSSR count). The first-order valence-electron chi connectivity index (χ1n) is 45.8. The van der Waals surface area contributed by atoms with Crippen LogP contribution in [0.2, 0.25) is 0 Å². The number of phosphoric acid groups is 1. The average molecular weight is 1440 g/mol. The fourth-order valence-corrected chi connectivity index (χ4v) is 15.4. The van der Waals surface area contributed by atoms with Crippen molar-refractivity contribution in [1.82, 2.24) is 0 Å². The van der Waals surface area contributed by atoms with Crippen molar-refractivity contribution in [2.75, 3.05) is 47.5 Å². The summed E-state index contributed by atoms with van der Waals surface area (Å²) in [7, 11) is 1.51. The Morgan fingerprint density at radius 1 is 0.270 bits per heavy atom. The Bertz CT molecular complexity index is 1640. The smallest absolute Gasteiger partial charge is 0.462 e. The third-order valence-electron chi connectivity index (χ3n) is 21.6. The van der Waals surface area contributed by atoms with Gasteiger partial charge < -0.3 is 18.9 Å². The second-order valence-corrected chi connectivity index (χ2v) is 34.5. The lowest BCUT2D eigenvalue weighted by molar-refractivity contribution is -0.870. The van der Waals surface area contributed by atoms with E-state index in [-0.39, 0.29) is 25.6 Å². The van der Waals surface area contributed by atoms with Crippen molar-refractivity contribution in [2.45, 2.75) is 521 Å². The molecule has 100 heavy (non-hydrogen) atoms. The maximum Gasteiger partial charge on any atom is 0.472 e. The number of esters is 2. The lowest BCUT2D eigenvalue weighted by Crippen LogP contribution is -2.37. The Balaban J connectivity index is 3.80. The van der Waals surface area contributed by atoms with Crippen LogP contribution in [-0.4, -0.2) is 74.9 Å². The molecular formula is C90H181NO8P+. The largest absolute Gasteiger partial charge is 0.472 e. The molecule has 0 saturated heterocycles. The van der Waals surface area contributed by atoms with E-state index in [9.17, 15) is 19.0 Å². The number of carbonyl (C=O) groups excluding carboxylic acids is 2. The van der Waals surface area contributed by atoms with Gasteiger partial charge in [-0.15, -0.1) is 0 Å². The summed E-state index contributed by atoms with van der Waals surface area (Å²) in [6.45, 7) is 4.55. The van der Waals surface area contributed by atoms with Crippen LogP contribution >= 0.6 is 7.82 Å². The normalized spacial score (nSPS) is 12.8. The molecule has 0 aromatic carbocycles. The Labute approximate surface area is 626 Å². The van der Waals surface area contributed by atoms with E-state index in [1.165, 1.54) is 449 Å². The van der Waals surface area contributed by atoms with Gasteiger partial charge in [-0.1, -0.05) is 489 Å². The van der Waals surface area contributed by atoms with E-state index in [2.05, 4.69) is 13.8 Å². The first kappa shape index (κ1) is 99.0. The average Bonchev–Trinajstić information content (AvgIpc) is 1.05. The van der Waals surface area contributed by atoms with Crippen molar-refractivity contribution in [3.63, 3.8) is 0 Å². The highest BCUT2D eigenvalue weighted by Crippen LogP contribution is 2.43. The van der Waals surface area contributed by atoms with Crippen molar-refractivity contribution >= 4 is 19.8 Å². The molecule has 0 spiro atoms. The molecular weight excluding hydrogens is 1250 g/mol. The lowest BCUT2D eigenvalue weighted by Gasteiger charge is -2.24. The van der Waals surface area contributed by atoms with Gasteiger partial charge in [-0.2, -0.15) is 0 Å². The summed E-state index contributed by atoms with van der Waals surface area (Å²) in [6, 6.07) is 0. The van der Waals surface area contributed by atoms with Crippen molar-refractivity contribution in [1.29, 1.82) is 0 Å². The van der Waals surface area contributed by atoms with Gasteiger partial charge in [0.05, 0.1) is 27.7 Å². The van der Waals surface area contributed by atoms with E-state index in [0.717, 1.165) is 38.5 Å². The maximum atomic E-state index is 12.9. The van der Waals surface area contributed by atoms with Gasteiger partial charge in [-0.3, -0.25) is 18.6 Å². The van der Waals surface area contributed by atoms with Gasteiger partial charge in [0.25, 0.3) is 0 Å². The van der Waals surface area contributed by atoms with Gasteiger partial charge in [0.15, 0.2) is 6.10 Å². The van der Waals surface area contributed by atoms with E-state index < -0.39 is 26.5 Å². The number of likely N-dealkylation sites (N-methyl/N-ethyl adjacent to an activating group) is 1. The Morgan fingerprint density at radius 2 is 0.450 bits per heavy atom. The molecule has 9 nitrogen and oxygen atoms in total. The number of carbonyl (C=O) groups is 2. The molecule has 2 unspecified atom stereocenters. The zero-order chi connectivity index (χ0) is 72.5. The zero-order valence-electron chi connectivity index (χ0n) is 68.8. The van der Waals surface area contributed by atoms with Gasteiger partial charge in [0.1, 0.15) is 19.8 Å². The Morgan fingerprint density at radius 3 is 0.640 bits per heavy atom. The molecule has 0 radical (unpaired) electrons. The molecule has 0 aliphatic carbocycles. The van der Waals surface area contributed by atoms with Crippen LogP contribution < -0.4 is 0 Å². The van der Waals surface area contributed by atoms with Crippen LogP contribution in [0.5, 0.6) is 0 Å². The molecule has 2 atom stereocenters. The van der Waals surface area contributed by atoms with Crippen LogP contribution in [0.3, 0.4) is 0 Å². The van der Waals surface area contributed by atoms with Crippen molar-refractivity contribution in [3.8, 4) is 0 Å². The molecule has 1 N–H and O–H groups in total. The Kier molecular flexibility index (Phi) is 81.3. The molecule has 0 saturated carbocycles. The minimum atomic E-state index is -4.39. The van der Waals surface area contributed by atoms with Crippen LogP contribution in [0, 0.1) is 0 Å². The summed E-state index contributed by atoms with van der Waals surface area (Å²) in [5, 5.41) is 0. The number of rotatable bonds is 88. The molecule has 0 bridgehead atoms. The fourth-order valence-electron chi connectivity index (χ4n) is 14.7. The lowest BCUT2D eigenvalue weighted by atomic mass is 10.0. The minimum absolute atomic E-state index is 0.0380. The summed E-state index contributed by atoms with van der Waals surface area (Å²) in [4.78, 5) is 36.1. The summed E-state index contributed by atoms with van der Waals surface area (Å²) >= 11 is 0. The zero-order valence-corrected chi connectivity index (χ0v) is 69.7. The van der Waals surface area contributed by atoms with Crippen LogP contribution in [0.15, 0.2) is 0 Å². The maximum absolute atomic E-state index is 12.9. The minimum Gasteiger partial charge on any atom is -0.462 e. The predicted molar refractivity (Wildman–Crippen MR) is 437 cm³/mol. The molecule has 0 heterocycles. The topological polar surface area (TPSA) is 108 Å². The first-order valence-corrected chi connectivity index (χ1v) is 47.3. The molecule has 0 aliphatic heterocycles. The highest BCUT2D eigenvalue weighted by atomic mass is 31.2. The third-order valence-corrected chi connectivity index (χ3v) is 22.6. The van der Waals surface area contributed by atoms with Gasteiger partial charge in [-0.05, 0) is 12.8 Å². The second kappa shape index (κ2) is 82.1. The van der Waals surface area contributed by atoms with E-state index in [1.807, 2.05) is 21.1 Å². The van der Waals surface area contributed by atoms with E-state index >= 15 is 0 Å². The van der Waals surface area contributed by atoms with Crippen molar-refractivity contribution in [2.24, 2.45) is 0 Å². The van der Waals surface area contributed by atoms with Crippen LogP contribution in [0.4, 0.5) is 0 Å². The fraction of sp³-hybridized carbons (Fsp3) is 0.978. The molecule has 0 aromatic rings. The van der Waals surface area contributed by atoms with Crippen LogP contribution in [-0.2, 0) is 32.7 Å². The van der Waals surface area contributed by atoms with Gasteiger partial charge >= 0.3 is 19.8 Å². The molecule has 0 aliphatic rings. The number of quaternary nitrogens is 1. The number of ether oxygens (including phenoxy) is 2. The molecule has 0 aromatic heterocycles. The molecule has 598 valence electrons. The third kappa shape index (κ3) is 85.9. The van der Waals surface area contributed by atoms with Gasteiger partial charge in [0.2, 0.25) is 0 Å². The molecule has 0 amide bonds. The van der Waals surface area contributed by atoms with Crippen LogP contribution in [0.1, 0.15) is 515 Å². The van der Waals surface area contributed by atoms with Gasteiger partial charge in [0, 0.05) is 12.8 Å². The summed E-state index contributed by atoms with van der Waals surface area (Å²) in [6.07, 6.45) is 105. The predicted octanol–water partition coefficient (Wildman–Crippen LogP) is 30.7. The van der Waals surface area contributed by atoms with E-state index in [4.69, 9.17) is 18.5 Å². The SMILES string of the molecule is CCCCCCCCCCCCCCCCCCCCCCCCCCCCCCCCCCCCCCCCCCC(=O)OC(COC(=O)CCCCCCCCCCCCCCCCCCCCCCCCCCCCCCCCCCCCCC)COP(=O)(O)OCC[N+](C)(C)C. The number of unbranched alkanes of at least 4 members (excludes halogenated alkanes) is 74. The standard InChI is InChI=1S/C90H180NO8P/c1-6-8-10-12-14-16-18-20-22-24-26-28-30-32-34-36-38-40-42-44-45-46-47-49-51-53-55-57-59-61-63-65-67-69-71-73-75-77-79-81-83-90(93)99-88(87-98-100(94,95)97-85-84-91(3,4)5)86-96-89(92)82-80-78-76-74-72-70-68-66-64-62-60-58-56-54-52-50-48-43-41-39-37-35-33-31-29-27-25-23-21-19-17-15-13-11-9-7-2/h88H,6-87H2,1-5H3/p+1. The molecule has 10 heteroatoms. The van der Waals surface area contributed by atoms with E-state index in [0.29, 0.717) is 17.4 Å². The number of hydrogen-bond acceptors (Lipinski definition) is 7. The summed E-state index contributed by atoms with van der Waals surface area (Å²) in [5.74, 6) is -0.762. The molecule has 0 fully saturated rings. The number of hydrogen-bond donors (Lipinski definition) is 1. The first-order chi connectivity index (χ1) is 49.0. The summed E-state index contributed by atoms with van der Waals surface area (Å²) in [5.41, 5.74) is 0. The van der Waals surface area contributed by atoms with E-state index in [1.54, 1.807) is 0 Å². The van der Waals surface area contributed by atoms with Crippen LogP contribution in [0.25, 0.3) is 0 Å². The number of nitrogens with zero attached hydrogens (tertiary/aromatic N) is 1. The second-order valence-electron chi connectivity index (χ2n) is 33.1. The van der Waals surface area contributed by atoms with Crippen molar-refractivity contribution < 1.29 is 42.1 Å². The monoisotopic (exact) mass is 1440 g/mol. The number of phosphoric ester groups is 1. The highest BCUT2D eigenvalue weighted by molar-refractivity contribution is 7.47. The quantitative estimate of drug-likeness (QED) is 0.0278. The Hall–Kier alpha value is -0.990. The highest BCUT2D eigenvalue weighted by Gasteiger charge is 2.27. The van der Waals surface area contributed by atoms with Crippen molar-refractivity contribution in [3.05, 3.63) is 0 Å². The van der Waals surface area contributed by atoms with Gasteiger partial charge in [-0.25, -0.2) is 4.57 Å². The summed E-state index contributed by atoms with van der Waals surface area (Å²) < 4.78 is 34.9.